The fraction of sp³-hybridized carbons (Fsp3) is 0. The Morgan fingerprint density at radius 3 is 2.22 bits per heavy atom. The van der Waals surface area contributed by atoms with Crippen LogP contribution in [-0.4, -0.2) is 18.3 Å². The second kappa shape index (κ2) is 5.89. The lowest BCUT2D eigenvalue weighted by Crippen LogP contribution is -2.06. The van der Waals surface area contributed by atoms with Crippen LogP contribution in [0.15, 0.2) is 46.2 Å². The van der Waals surface area contributed by atoms with Crippen LogP contribution < -0.4 is 0 Å². The fourth-order valence-electron chi connectivity index (χ4n) is 1.74. The zero-order valence-corrected chi connectivity index (χ0v) is 12.5. The normalized spacial score (nSPS) is 11.2. The van der Waals surface area contributed by atoms with Crippen molar-refractivity contribution < 1.29 is 22.7 Å². The van der Waals surface area contributed by atoms with Gasteiger partial charge in [0.25, 0.3) is 11.4 Å². The summed E-state index contributed by atoms with van der Waals surface area (Å²) in [5.74, 6) is -1.21. The third-order valence-corrected chi connectivity index (χ3v) is 4.93. The molecule has 120 valence electrons. The molecular weight excluding hydrogens is 355 g/mol. The molecule has 0 aliphatic rings. The van der Waals surface area contributed by atoms with E-state index in [1.807, 2.05) is 0 Å². The average Bonchev–Trinajstić information content (AvgIpc) is 2.47. The first kappa shape index (κ1) is 16.8. The maximum atomic E-state index is 13.8. The molecule has 0 spiro atoms. The molecule has 0 saturated heterocycles. The van der Waals surface area contributed by atoms with Gasteiger partial charge in [0.2, 0.25) is 9.84 Å². The van der Waals surface area contributed by atoms with Gasteiger partial charge in [-0.05, 0) is 18.2 Å². The molecule has 0 aromatic heterocycles. The van der Waals surface area contributed by atoms with Gasteiger partial charge in [0.05, 0.1) is 14.7 Å². The molecule has 2 aromatic rings. The van der Waals surface area contributed by atoms with Gasteiger partial charge in [-0.25, -0.2) is 12.8 Å². The van der Waals surface area contributed by atoms with Crippen molar-refractivity contribution in [1.29, 1.82) is 0 Å². The molecule has 0 unspecified atom stereocenters. The minimum atomic E-state index is -4.54. The first-order chi connectivity index (χ1) is 10.6. The molecule has 0 saturated carbocycles. The molecule has 2 aromatic carbocycles. The summed E-state index contributed by atoms with van der Waals surface area (Å²) in [4.78, 5) is 18.2. The van der Waals surface area contributed by atoms with Gasteiger partial charge in [0.1, 0.15) is 15.7 Å². The van der Waals surface area contributed by atoms with Crippen molar-refractivity contribution in [3.63, 3.8) is 0 Å². The highest BCUT2D eigenvalue weighted by Gasteiger charge is 2.27. The summed E-state index contributed by atoms with van der Waals surface area (Å²) < 4.78 is 38.6. The Kier molecular flexibility index (Phi) is 4.30. The molecule has 0 heterocycles. The van der Waals surface area contributed by atoms with Crippen molar-refractivity contribution in [2.24, 2.45) is 0 Å². The molecular formula is C12H6ClFN2O6S. The van der Waals surface area contributed by atoms with Crippen molar-refractivity contribution in [3.8, 4) is 0 Å². The van der Waals surface area contributed by atoms with Crippen LogP contribution in [0.5, 0.6) is 0 Å². The monoisotopic (exact) mass is 360 g/mol. The van der Waals surface area contributed by atoms with E-state index >= 15 is 0 Å². The summed E-state index contributed by atoms with van der Waals surface area (Å²) in [5, 5.41) is 21.2. The second-order valence-corrected chi connectivity index (χ2v) is 6.57. The van der Waals surface area contributed by atoms with Gasteiger partial charge in [0.15, 0.2) is 0 Å². The Morgan fingerprint density at radius 1 is 1.00 bits per heavy atom. The van der Waals surface area contributed by atoms with E-state index in [-0.39, 0.29) is 5.02 Å². The van der Waals surface area contributed by atoms with E-state index in [1.54, 1.807) is 0 Å². The van der Waals surface area contributed by atoms with E-state index in [9.17, 15) is 33.0 Å². The maximum Gasteiger partial charge on any atom is 0.289 e. The number of sulfone groups is 1. The molecule has 0 N–H and O–H groups in total. The molecule has 0 fully saturated rings. The van der Waals surface area contributed by atoms with E-state index in [4.69, 9.17) is 11.6 Å². The van der Waals surface area contributed by atoms with Crippen LogP contribution >= 0.6 is 11.6 Å². The van der Waals surface area contributed by atoms with Gasteiger partial charge in [-0.3, -0.25) is 20.2 Å². The highest BCUT2D eigenvalue weighted by atomic mass is 35.5. The number of halogens is 2. The predicted octanol–water partition coefficient (Wildman–Crippen LogP) is 3.13. The third kappa shape index (κ3) is 3.12. The van der Waals surface area contributed by atoms with Gasteiger partial charge < -0.3 is 0 Å². The highest BCUT2D eigenvalue weighted by Crippen LogP contribution is 2.32. The Balaban J connectivity index is 2.68. The van der Waals surface area contributed by atoms with Crippen molar-refractivity contribution in [1.82, 2.24) is 0 Å². The van der Waals surface area contributed by atoms with Crippen LogP contribution in [0.25, 0.3) is 0 Å². The van der Waals surface area contributed by atoms with Crippen LogP contribution in [0.1, 0.15) is 0 Å². The predicted molar refractivity (Wildman–Crippen MR) is 76.6 cm³/mol. The molecule has 0 atom stereocenters. The van der Waals surface area contributed by atoms with Crippen molar-refractivity contribution >= 4 is 32.8 Å². The quantitative estimate of drug-likeness (QED) is 0.610. The van der Waals surface area contributed by atoms with Crippen LogP contribution in [0.4, 0.5) is 15.8 Å². The zero-order chi connectivity index (χ0) is 17.4. The lowest BCUT2D eigenvalue weighted by Gasteiger charge is -2.06. The number of hydrogen-bond acceptors (Lipinski definition) is 6. The second-order valence-electron chi connectivity index (χ2n) is 4.25. The molecule has 0 bridgehead atoms. The van der Waals surface area contributed by atoms with Gasteiger partial charge in [-0.15, -0.1) is 0 Å². The fourth-order valence-corrected chi connectivity index (χ4v) is 3.29. The van der Waals surface area contributed by atoms with E-state index in [2.05, 4.69) is 0 Å². The average molecular weight is 361 g/mol. The summed E-state index contributed by atoms with van der Waals surface area (Å²) in [6.07, 6.45) is 0. The SMILES string of the molecule is O=[N+]([O-])c1ccc(F)c(S(=O)(=O)c2ccc(Cl)c([N+](=O)[O-])c2)c1. The Hall–Kier alpha value is -2.59. The summed E-state index contributed by atoms with van der Waals surface area (Å²) in [7, 11) is -4.54. The van der Waals surface area contributed by atoms with E-state index in [0.717, 1.165) is 18.2 Å². The van der Waals surface area contributed by atoms with Crippen molar-refractivity contribution in [2.45, 2.75) is 9.79 Å². The largest absolute Gasteiger partial charge is 0.289 e. The van der Waals surface area contributed by atoms with Crippen molar-refractivity contribution in [2.75, 3.05) is 0 Å². The number of nitro groups is 2. The molecule has 0 radical (unpaired) electrons. The lowest BCUT2D eigenvalue weighted by molar-refractivity contribution is -0.385. The van der Waals surface area contributed by atoms with Crippen molar-refractivity contribution in [3.05, 3.63) is 67.5 Å². The third-order valence-electron chi connectivity index (χ3n) is 2.84. The minimum Gasteiger partial charge on any atom is -0.258 e. The van der Waals surface area contributed by atoms with E-state index in [0.29, 0.717) is 18.2 Å². The zero-order valence-electron chi connectivity index (χ0n) is 11.0. The lowest BCUT2D eigenvalue weighted by atomic mass is 10.3. The maximum absolute atomic E-state index is 13.8. The van der Waals surface area contributed by atoms with Crippen LogP contribution in [0.3, 0.4) is 0 Å². The van der Waals surface area contributed by atoms with Crippen LogP contribution in [0.2, 0.25) is 5.02 Å². The summed E-state index contributed by atoms with van der Waals surface area (Å²) >= 11 is 5.59. The number of rotatable bonds is 4. The van der Waals surface area contributed by atoms with Gasteiger partial charge in [0, 0.05) is 18.2 Å². The Labute approximate surface area is 133 Å². The van der Waals surface area contributed by atoms with Gasteiger partial charge >= 0.3 is 0 Å². The van der Waals surface area contributed by atoms with Crippen LogP contribution in [-0.2, 0) is 9.84 Å². The van der Waals surface area contributed by atoms with Gasteiger partial charge in [-0.2, -0.15) is 0 Å². The standard InChI is InChI=1S/C12H6ClFN2O6S/c13-9-3-2-8(6-11(9)16(19)20)23(21,22)12-5-7(15(17)18)1-4-10(12)14/h1-6H. The number of nitro benzene ring substituents is 2. The molecule has 8 nitrogen and oxygen atoms in total. The van der Waals surface area contributed by atoms with Crippen LogP contribution in [0, 0.1) is 26.0 Å². The topological polar surface area (TPSA) is 120 Å². The number of benzene rings is 2. The Bertz CT molecular complexity index is 931. The molecule has 11 heteroatoms. The number of non-ortho nitro benzene ring substituents is 1. The van der Waals surface area contributed by atoms with E-state index in [1.165, 1.54) is 0 Å². The van der Waals surface area contributed by atoms with E-state index < -0.39 is 46.7 Å². The summed E-state index contributed by atoms with van der Waals surface area (Å²) in [6, 6.07) is 4.57. The smallest absolute Gasteiger partial charge is 0.258 e. The summed E-state index contributed by atoms with van der Waals surface area (Å²) in [6.45, 7) is 0. The minimum absolute atomic E-state index is 0.298. The first-order valence-corrected chi connectivity index (χ1v) is 7.63. The van der Waals surface area contributed by atoms with Gasteiger partial charge in [-0.1, -0.05) is 11.6 Å². The molecule has 23 heavy (non-hydrogen) atoms. The number of hydrogen-bond donors (Lipinski definition) is 0. The molecule has 0 amide bonds. The highest BCUT2D eigenvalue weighted by molar-refractivity contribution is 7.91. The molecule has 0 aliphatic heterocycles. The molecule has 0 aliphatic carbocycles. The summed E-state index contributed by atoms with van der Waals surface area (Å²) in [5.41, 5.74) is -1.31. The first-order valence-electron chi connectivity index (χ1n) is 5.77. The molecule has 2 rings (SSSR count). The Morgan fingerprint density at radius 2 is 1.65 bits per heavy atom. The number of nitrogens with zero attached hydrogens (tertiary/aromatic N) is 2.